The Kier molecular flexibility index (Phi) is 4.81. The van der Waals surface area contributed by atoms with Gasteiger partial charge >= 0.3 is 0 Å². The summed E-state index contributed by atoms with van der Waals surface area (Å²) >= 11 is 0. The molecule has 3 nitrogen and oxygen atoms in total. The summed E-state index contributed by atoms with van der Waals surface area (Å²) in [5.74, 6) is 0.955. The normalized spacial score (nSPS) is 24.3. The van der Waals surface area contributed by atoms with Crippen molar-refractivity contribution in [2.24, 2.45) is 0 Å². The number of hydrogen-bond acceptors (Lipinski definition) is 3. The van der Waals surface area contributed by atoms with Gasteiger partial charge in [-0.2, -0.15) is 0 Å². The number of ether oxygens (including phenoxy) is 2. The monoisotopic (exact) mass is 289 g/mol. The van der Waals surface area contributed by atoms with E-state index < -0.39 is 0 Å². The lowest BCUT2D eigenvalue weighted by atomic mass is 9.83. The minimum Gasteiger partial charge on any atom is -0.491 e. The molecule has 1 aliphatic heterocycles. The molecule has 0 aromatic heterocycles. The largest absolute Gasteiger partial charge is 0.491 e. The van der Waals surface area contributed by atoms with E-state index in [4.69, 9.17) is 9.47 Å². The first-order valence-corrected chi connectivity index (χ1v) is 8.34. The van der Waals surface area contributed by atoms with E-state index in [1.807, 2.05) is 13.1 Å². The fraction of sp³-hybridized carbons (Fsp3) is 0.667. The van der Waals surface area contributed by atoms with Crippen molar-refractivity contribution in [1.82, 2.24) is 5.32 Å². The zero-order valence-corrected chi connectivity index (χ0v) is 13.1. The zero-order valence-electron chi connectivity index (χ0n) is 13.1. The van der Waals surface area contributed by atoms with Gasteiger partial charge in [0.15, 0.2) is 0 Å². The third-order valence-corrected chi connectivity index (χ3v) is 4.82. The first kappa shape index (κ1) is 14.9. The lowest BCUT2D eigenvalue weighted by Crippen LogP contribution is -2.32. The van der Waals surface area contributed by atoms with E-state index in [-0.39, 0.29) is 11.7 Å². The molecule has 2 fully saturated rings. The maximum Gasteiger partial charge on any atom is 0.119 e. The van der Waals surface area contributed by atoms with Crippen LogP contribution in [-0.2, 0) is 11.3 Å². The molecule has 1 aliphatic carbocycles. The highest BCUT2D eigenvalue weighted by Gasteiger charge is 2.40. The van der Waals surface area contributed by atoms with Crippen molar-refractivity contribution in [1.29, 1.82) is 0 Å². The molecule has 0 amide bonds. The molecular formula is C18H27NO2. The van der Waals surface area contributed by atoms with Crippen molar-refractivity contribution in [3.63, 3.8) is 0 Å². The molecule has 116 valence electrons. The molecule has 1 N–H and O–H groups in total. The van der Waals surface area contributed by atoms with Gasteiger partial charge in [-0.25, -0.2) is 0 Å². The zero-order chi connectivity index (χ0) is 14.5. The van der Waals surface area contributed by atoms with Crippen molar-refractivity contribution in [3.8, 4) is 5.75 Å². The molecular weight excluding hydrogens is 262 g/mol. The molecule has 1 saturated heterocycles. The number of hydrogen-bond donors (Lipinski definition) is 1. The Morgan fingerprint density at radius 3 is 2.90 bits per heavy atom. The van der Waals surface area contributed by atoms with Gasteiger partial charge in [-0.05, 0) is 50.4 Å². The molecule has 1 aromatic rings. The van der Waals surface area contributed by atoms with Gasteiger partial charge in [-0.15, -0.1) is 0 Å². The van der Waals surface area contributed by atoms with Crippen LogP contribution < -0.4 is 10.1 Å². The van der Waals surface area contributed by atoms with Crippen LogP contribution in [-0.4, -0.2) is 25.4 Å². The smallest absolute Gasteiger partial charge is 0.119 e. The molecule has 2 aliphatic rings. The maximum absolute atomic E-state index is 6.35. The van der Waals surface area contributed by atoms with Crippen LogP contribution in [0.2, 0.25) is 0 Å². The van der Waals surface area contributed by atoms with Crippen LogP contribution in [0.4, 0.5) is 0 Å². The predicted octanol–water partition coefficient (Wildman–Crippen LogP) is 3.67. The lowest BCUT2D eigenvalue weighted by molar-refractivity contribution is -0.0748. The Balaban J connectivity index is 1.50. The van der Waals surface area contributed by atoms with Gasteiger partial charge in [0.05, 0.1) is 11.7 Å². The summed E-state index contributed by atoms with van der Waals surface area (Å²) in [7, 11) is 1.96. The van der Waals surface area contributed by atoms with E-state index in [1.165, 1.54) is 44.1 Å². The van der Waals surface area contributed by atoms with Gasteiger partial charge < -0.3 is 14.8 Å². The Bertz CT molecular complexity index is 454. The number of rotatable bonds is 5. The van der Waals surface area contributed by atoms with Crippen molar-refractivity contribution in [2.45, 2.75) is 63.2 Å². The molecule has 1 saturated carbocycles. The van der Waals surface area contributed by atoms with Gasteiger partial charge in [0.2, 0.25) is 0 Å². The second kappa shape index (κ2) is 6.80. The summed E-state index contributed by atoms with van der Waals surface area (Å²) in [5, 5.41) is 3.17. The summed E-state index contributed by atoms with van der Waals surface area (Å²) in [6.07, 6.45) is 9.19. The maximum atomic E-state index is 6.35. The van der Waals surface area contributed by atoms with Gasteiger partial charge in [-0.1, -0.05) is 31.4 Å². The fourth-order valence-electron chi connectivity index (χ4n) is 3.72. The highest BCUT2D eigenvalue weighted by molar-refractivity contribution is 5.28. The van der Waals surface area contributed by atoms with Crippen LogP contribution >= 0.6 is 0 Å². The molecule has 1 unspecified atom stereocenters. The highest BCUT2D eigenvalue weighted by atomic mass is 16.6. The van der Waals surface area contributed by atoms with E-state index in [9.17, 15) is 0 Å². The van der Waals surface area contributed by atoms with E-state index in [0.717, 1.165) is 18.7 Å². The summed E-state index contributed by atoms with van der Waals surface area (Å²) in [4.78, 5) is 0. The average Bonchev–Trinajstić information content (AvgIpc) is 2.89. The summed E-state index contributed by atoms with van der Waals surface area (Å²) in [5.41, 5.74) is 1.45. The first-order valence-electron chi connectivity index (χ1n) is 8.34. The molecule has 1 spiro atoms. The van der Waals surface area contributed by atoms with Gasteiger partial charge in [0.1, 0.15) is 12.4 Å². The highest BCUT2D eigenvalue weighted by Crippen LogP contribution is 2.41. The van der Waals surface area contributed by atoms with E-state index in [0.29, 0.717) is 6.61 Å². The third kappa shape index (κ3) is 3.78. The van der Waals surface area contributed by atoms with Crippen LogP contribution in [0.5, 0.6) is 5.75 Å². The minimum atomic E-state index is 0.195. The Morgan fingerprint density at radius 1 is 1.24 bits per heavy atom. The second-order valence-electron chi connectivity index (χ2n) is 6.51. The van der Waals surface area contributed by atoms with E-state index in [1.54, 1.807) is 0 Å². The van der Waals surface area contributed by atoms with E-state index >= 15 is 0 Å². The molecule has 0 radical (unpaired) electrons. The van der Waals surface area contributed by atoms with Crippen LogP contribution in [0.1, 0.15) is 50.5 Å². The van der Waals surface area contributed by atoms with Crippen LogP contribution in [0.3, 0.4) is 0 Å². The fourth-order valence-corrected chi connectivity index (χ4v) is 3.72. The Labute approximate surface area is 128 Å². The van der Waals surface area contributed by atoms with Crippen LogP contribution in [0.15, 0.2) is 24.3 Å². The first-order chi connectivity index (χ1) is 10.3. The van der Waals surface area contributed by atoms with E-state index in [2.05, 4.69) is 23.5 Å². The van der Waals surface area contributed by atoms with Gasteiger partial charge in [-0.3, -0.25) is 0 Å². The summed E-state index contributed by atoms with van der Waals surface area (Å²) < 4.78 is 12.3. The predicted molar refractivity (Wildman–Crippen MR) is 84.6 cm³/mol. The molecule has 21 heavy (non-hydrogen) atoms. The molecule has 1 atom stereocenters. The van der Waals surface area contributed by atoms with Crippen molar-refractivity contribution in [3.05, 3.63) is 29.8 Å². The molecule has 3 heteroatoms. The van der Waals surface area contributed by atoms with Crippen LogP contribution in [0, 0.1) is 0 Å². The van der Waals surface area contributed by atoms with Crippen LogP contribution in [0.25, 0.3) is 0 Å². The van der Waals surface area contributed by atoms with Crippen molar-refractivity contribution >= 4 is 0 Å². The molecule has 3 rings (SSSR count). The Morgan fingerprint density at radius 2 is 2.10 bits per heavy atom. The lowest BCUT2D eigenvalue weighted by Gasteiger charge is -2.33. The second-order valence-corrected chi connectivity index (χ2v) is 6.51. The number of benzene rings is 1. The van der Waals surface area contributed by atoms with Crippen molar-refractivity contribution in [2.75, 3.05) is 13.7 Å². The molecule has 1 heterocycles. The average molecular weight is 289 g/mol. The quantitative estimate of drug-likeness (QED) is 0.897. The molecule has 1 aromatic carbocycles. The minimum absolute atomic E-state index is 0.195. The molecule has 0 bridgehead atoms. The standard InChI is InChI=1S/C18H27NO2/c1-19-13-15-6-5-7-16(12-15)20-14-17-8-11-18(21-17)9-3-2-4-10-18/h5-7,12,17,19H,2-4,8-11,13-14H2,1H3. The van der Waals surface area contributed by atoms with Crippen molar-refractivity contribution < 1.29 is 9.47 Å². The van der Waals surface area contributed by atoms with Gasteiger partial charge in [0, 0.05) is 6.54 Å². The SMILES string of the molecule is CNCc1cccc(OCC2CCC3(CCCCC3)O2)c1. The Hall–Kier alpha value is -1.06. The third-order valence-electron chi connectivity index (χ3n) is 4.82. The summed E-state index contributed by atoms with van der Waals surface area (Å²) in [6, 6.07) is 8.32. The number of nitrogens with one attached hydrogen (secondary N) is 1. The topological polar surface area (TPSA) is 30.5 Å². The summed E-state index contributed by atoms with van der Waals surface area (Å²) in [6.45, 7) is 1.56. The van der Waals surface area contributed by atoms with Gasteiger partial charge in [0.25, 0.3) is 0 Å².